The van der Waals surface area contributed by atoms with Gasteiger partial charge in [-0.05, 0) is 43.3 Å². The second kappa shape index (κ2) is 7.31. The van der Waals surface area contributed by atoms with Crippen molar-refractivity contribution in [2.45, 2.75) is 6.92 Å². The number of benzene rings is 2. The quantitative estimate of drug-likeness (QED) is 0.682. The highest BCUT2D eigenvalue weighted by Gasteiger charge is 2.04. The van der Waals surface area contributed by atoms with Crippen LogP contribution in [-0.4, -0.2) is 18.2 Å². The van der Waals surface area contributed by atoms with Crippen molar-refractivity contribution in [1.82, 2.24) is 5.43 Å². The summed E-state index contributed by atoms with van der Waals surface area (Å²) in [7, 11) is 0. The minimum absolute atomic E-state index is 0.258. The van der Waals surface area contributed by atoms with E-state index in [-0.39, 0.29) is 18.2 Å². The summed E-state index contributed by atoms with van der Waals surface area (Å²) in [5.74, 6) is -0.854. The summed E-state index contributed by atoms with van der Waals surface area (Å²) < 4.78 is 31.0. The number of hydrazone groups is 1. The van der Waals surface area contributed by atoms with Gasteiger partial charge in [-0.3, -0.25) is 4.79 Å². The van der Waals surface area contributed by atoms with E-state index in [1.54, 1.807) is 19.1 Å². The smallest absolute Gasteiger partial charge is 0.277 e. The highest BCUT2D eigenvalue weighted by molar-refractivity contribution is 5.99. The minimum atomic E-state index is -0.472. The van der Waals surface area contributed by atoms with Crippen LogP contribution in [0.3, 0.4) is 0 Å². The molecule has 0 unspecified atom stereocenters. The molecular formula is C16H14F2N2O2. The second-order valence-corrected chi connectivity index (χ2v) is 4.49. The SMILES string of the molecule is C/C(=N\NC(=O)COc1ccc(F)cc1)c1cccc(F)c1. The fourth-order valence-corrected chi connectivity index (χ4v) is 1.64. The maximum Gasteiger partial charge on any atom is 0.277 e. The van der Waals surface area contributed by atoms with Crippen LogP contribution in [0.2, 0.25) is 0 Å². The van der Waals surface area contributed by atoms with Crippen molar-refractivity contribution in [3.05, 3.63) is 65.7 Å². The van der Waals surface area contributed by atoms with Crippen LogP contribution in [0.1, 0.15) is 12.5 Å². The van der Waals surface area contributed by atoms with Gasteiger partial charge in [-0.15, -0.1) is 0 Å². The molecule has 0 aliphatic carbocycles. The first-order valence-corrected chi connectivity index (χ1v) is 6.52. The molecule has 0 spiro atoms. The molecule has 2 aromatic carbocycles. The Hall–Kier alpha value is -2.76. The van der Waals surface area contributed by atoms with Crippen molar-refractivity contribution in [3.63, 3.8) is 0 Å². The van der Waals surface area contributed by atoms with E-state index in [9.17, 15) is 13.6 Å². The molecule has 0 aliphatic rings. The molecule has 1 amide bonds. The molecule has 0 bridgehead atoms. The van der Waals surface area contributed by atoms with Crippen LogP contribution in [0.5, 0.6) is 5.75 Å². The lowest BCUT2D eigenvalue weighted by atomic mass is 10.1. The maximum absolute atomic E-state index is 13.1. The van der Waals surface area contributed by atoms with Crippen molar-refractivity contribution in [1.29, 1.82) is 0 Å². The zero-order valence-corrected chi connectivity index (χ0v) is 11.8. The third-order valence-corrected chi connectivity index (χ3v) is 2.77. The lowest BCUT2D eigenvalue weighted by molar-refractivity contribution is -0.123. The number of ether oxygens (including phenoxy) is 1. The van der Waals surface area contributed by atoms with Gasteiger partial charge in [0.1, 0.15) is 17.4 Å². The number of nitrogens with one attached hydrogen (secondary N) is 1. The molecule has 4 nitrogen and oxygen atoms in total. The molecule has 6 heteroatoms. The van der Waals surface area contributed by atoms with Crippen molar-refractivity contribution >= 4 is 11.6 Å². The number of rotatable bonds is 5. The van der Waals surface area contributed by atoms with Gasteiger partial charge in [-0.25, -0.2) is 14.2 Å². The molecular weight excluding hydrogens is 290 g/mol. The van der Waals surface area contributed by atoms with Gasteiger partial charge >= 0.3 is 0 Å². The number of carbonyl (C=O) groups excluding carboxylic acids is 1. The number of carbonyl (C=O) groups is 1. The summed E-state index contributed by atoms with van der Waals surface area (Å²) in [4.78, 5) is 11.6. The topological polar surface area (TPSA) is 50.7 Å². The lowest BCUT2D eigenvalue weighted by Gasteiger charge is -2.06. The molecule has 0 heterocycles. The highest BCUT2D eigenvalue weighted by Crippen LogP contribution is 2.10. The summed E-state index contributed by atoms with van der Waals surface area (Å²) in [5, 5.41) is 3.87. The number of halogens is 2. The molecule has 0 fully saturated rings. The summed E-state index contributed by atoms with van der Waals surface area (Å²) in [6.45, 7) is 1.39. The average Bonchev–Trinajstić information content (AvgIpc) is 2.52. The Balaban J connectivity index is 1.86. The Morgan fingerprint density at radius 3 is 2.55 bits per heavy atom. The van der Waals surface area contributed by atoms with Crippen LogP contribution < -0.4 is 10.2 Å². The Labute approximate surface area is 126 Å². The molecule has 114 valence electrons. The van der Waals surface area contributed by atoms with Crippen LogP contribution >= 0.6 is 0 Å². The van der Waals surface area contributed by atoms with E-state index in [0.717, 1.165) is 0 Å². The van der Waals surface area contributed by atoms with Crippen molar-refractivity contribution in [2.75, 3.05) is 6.61 Å². The van der Waals surface area contributed by atoms with Crippen LogP contribution in [0.4, 0.5) is 8.78 Å². The molecule has 0 saturated heterocycles. The molecule has 0 saturated carbocycles. The van der Waals surface area contributed by atoms with Gasteiger partial charge in [0.25, 0.3) is 5.91 Å². The molecule has 0 radical (unpaired) electrons. The Morgan fingerprint density at radius 1 is 1.14 bits per heavy atom. The van der Waals surface area contributed by atoms with Gasteiger partial charge in [-0.2, -0.15) is 5.10 Å². The van der Waals surface area contributed by atoms with E-state index in [4.69, 9.17) is 4.74 Å². The average molecular weight is 304 g/mol. The number of hydrogen-bond acceptors (Lipinski definition) is 3. The molecule has 2 aromatic rings. The van der Waals surface area contributed by atoms with Gasteiger partial charge in [-0.1, -0.05) is 12.1 Å². The van der Waals surface area contributed by atoms with Gasteiger partial charge in [0.05, 0.1) is 5.71 Å². The summed E-state index contributed by atoms with van der Waals surface area (Å²) in [5.41, 5.74) is 3.35. The predicted octanol–water partition coefficient (Wildman–Crippen LogP) is 2.88. The van der Waals surface area contributed by atoms with Gasteiger partial charge in [0, 0.05) is 5.56 Å². The number of nitrogens with zero attached hydrogens (tertiary/aromatic N) is 1. The zero-order valence-electron chi connectivity index (χ0n) is 11.8. The standard InChI is InChI=1S/C16H14F2N2O2/c1-11(12-3-2-4-14(18)9-12)19-20-16(21)10-22-15-7-5-13(17)6-8-15/h2-9H,10H2,1H3,(H,20,21)/b19-11+. The molecule has 0 aliphatic heterocycles. The minimum Gasteiger partial charge on any atom is -0.484 e. The Kier molecular flexibility index (Phi) is 5.19. The summed E-state index contributed by atoms with van der Waals surface area (Å²) >= 11 is 0. The maximum atomic E-state index is 13.1. The van der Waals surface area contributed by atoms with Crippen LogP contribution in [0, 0.1) is 11.6 Å². The van der Waals surface area contributed by atoms with Crippen LogP contribution in [-0.2, 0) is 4.79 Å². The fraction of sp³-hybridized carbons (Fsp3) is 0.125. The number of hydrogen-bond donors (Lipinski definition) is 1. The first-order valence-electron chi connectivity index (χ1n) is 6.52. The largest absolute Gasteiger partial charge is 0.484 e. The normalized spacial score (nSPS) is 11.1. The Bertz CT molecular complexity index is 685. The molecule has 1 N–H and O–H groups in total. The fourth-order valence-electron chi connectivity index (χ4n) is 1.64. The first kappa shape index (κ1) is 15.6. The summed E-state index contributed by atoms with van der Waals surface area (Å²) in [6.07, 6.45) is 0. The van der Waals surface area contributed by atoms with Crippen LogP contribution in [0.25, 0.3) is 0 Å². The summed E-state index contributed by atoms with van der Waals surface area (Å²) in [6, 6.07) is 11.2. The first-order chi connectivity index (χ1) is 10.5. The molecule has 2 rings (SSSR count). The molecule has 0 aromatic heterocycles. The van der Waals surface area contributed by atoms with E-state index in [1.807, 2.05) is 0 Å². The van der Waals surface area contributed by atoms with Gasteiger partial charge in [0.2, 0.25) is 0 Å². The van der Waals surface area contributed by atoms with Gasteiger partial charge < -0.3 is 4.74 Å². The lowest BCUT2D eigenvalue weighted by Crippen LogP contribution is -2.25. The molecule has 22 heavy (non-hydrogen) atoms. The zero-order chi connectivity index (χ0) is 15.9. The predicted molar refractivity (Wildman–Crippen MR) is 78.6 cm³/mol. The third-order valence-electron chi connectivity index (χ3n) is 2.77. The Morgan fingerprint density at radius 2 is 1.86 bits per heavy atom. The number of amides is 1. The van der Waals surface area contributed by atoms with Crippen LogP contribution in [0.15, 0.2) is 53.6 Å². The van der Waals surface area contributed by atoms with Crippen molar-refractivity contribution in [3.8, 4) is 5.75 Å². The monoisotopic (exact) mass is 304 g/mol. The highest BCUT2D eigenvalue weighted by atomic mass is 19.1. The van der Waals surface area contributed by atoms with E-state index < -0.39 is 5.91 Å². The van der Waals surface area contributed by atoms with E-state index in [0.29, 0.717) is 17.0 Å². The van der Waals surface area contributed by atoms with E-state index in [2.05, 4.69) is 10.5 Å². The van der Waals surface area contributed by atoms with Crippen molar-refractivity contribution < 1.29 is 18.3 Å². The third kappa shape index (κ3) is 4.66. The molecule has 0 atom stereocenters. The second-order valence-electron chi connectivity index (χ2n) is 4.49. The van der Waals surface area contributed by atoms with Gasteiger partial charge in [0.15, 0.2) is 6.61 Å². The van der Waals surface area contributed by atoms with Crippen molar-refractivity contribution in [2.24, 2.45) is 5.10 Å². The van der Waals surface area contributed by atoms with E-state index >= 15 is 0 Å². The van der Waals surface area contributed by atoms with E-state index in [1.165, 1.54) is 36.4 Å².